The quantitative estimate of drug-likeness (QED) is 0.710. The summed E-state index contributed by atoms with van der Waals surface area (Å²) in [5, 5.41) is 0. The van der Waals surface area contributed by atoms with E-state index in [4.69, 9.17) is 0 Å². The molecule has 46 valence electrons. The lowest BCUT2D eigenvalue weighted by Crippen LogP contribution is -2.14. The fourth-order valence-electron chi connectivity index (χ4n) is 0.717. The summed E-state index contributed by atoms with van der Waals surface area (Å²) in [5.41, 5.74) is 0. The second-order valence-corrected chi connectivity index (χ2v) is 7.62. The molecule has 0 unspecified atom stereocenters. The van der Waals surface area contributed by atoms with Crippen molar-refractivity contribution in [3.8, 4) is 0 Å². The molecule has 0 heterocycles. The summed E-state index contributed by atoms with van der Waals surface area (Å²) < 4.78 is 2.97. The van der Waals surface area contributed by atoms with E-state index in [0.717, 1.165) is 0 Å². The van der Waals surface area contributed by atoms with Crippen molar-refractivity contribution in [1.82, 2.24) is 0 Å². The minimum atomic E-state index is -0.120. The van der Waals surface area contributed by atoms with Gasteiger partial charge >= 0.3 is 36.4 Å². The molecular weight excluding hydrogens is 280 g/mol. The van der Waals surface area contributed by atoms with Gasteiger partial charge in [0, 0.05) is 0 Å². The van der Waals surface area contributed by atoms with Crippen LogP contribution in [0.4, 0.5) is 0 Å². The Labute approximate surface area is 92.3 Å². The molecule has 0 saturated heterocycles. The molecule has 0 N–H and O–H groups in total. The zero-order chi connectivity index (χ0) is 7.40. The highest BCUT2D eigenvalue weighted by Crippen LogP contribution is 1.84. The topological polar surface area (TPSA) is 0 Å². The Balaban J connectivity index is 2.80. The minimum Gasteiger partial charge on any atom is -0.296 e. The SMILES string of the molecule is [Br][Mg][c]1cc[c]([Mg][Br])cc1. The van der Waals surface area contributed by atoms with Gasteiger partial charge < -0.3 is 0 Å². The number of halogens is 2. The predicted octanol–water partition coefficient (Wildman–Crippen LogP) is 0.965. The molecule has 0 aromatic heterocycles. The molecule has 1 aromatic carbocycles. The molecule has 0 amide bonds. The van der Waals surface area contributed by atoms with Crippen molar-refractivity contribution in [2.24, 2.45) is 0 Å². The lowest BCUT2D eigenvalue weighted by molar-refractivity contribution is 1.84. The van der Waals surface area contributed by atoms with E-state index in [9.17, 15) is 0 Å². The summed E-state index contributed by atoms with van der Waals surface area (Å²) >= 11 is 6.85. The van der Waals surface area contributed by atoms with Gasteiger partial charge in [-0.2, -0.15) is 7.39 Å². The second kappa shape index (κ2) is 5.37. The largest absolute Gasteiger partial charge is 0.506 e. The first-order valence-corrected chi connectivity index (χ1v) is 12.3. The van der Waals surface area contributed by atoms with Crippen LogP contribution in [0, 0.1) is 0 Å². The van der Waals surface area contributed by atoms with Crippen LogP contribution in [0.5, 0.6) is 0 Å². The third kappa shape index (κ3) is 2.99. The third-order valence-corrected chi connectivity index (χ3v) is 6.78. The molecular formula is C6H4Br2Mg2. The Bertz CT molecular complexity index is 174. The average Bonchev–Trinajstić information content (AvgIpc) is 2.05. The van der Waals surface area contributed by atoms with Gasteiger partial charge in [0.2, 0.25) is 0 Å². The molecule has 0 atom stereocenters. The van der Waals surface area contributed by atoms with Crippen molar-refractivity contribution in [2.75, 3.05) is 0 Å². The minimum absolute atomic E-state index is 0.120. The summed E-state index contributed by atoms with van der Waals surface area (Å²) in [6.07, 6.45) is 0. The highest BCUT2D eigenvalue weighted by Gasteiger charge is 1.95. The van der Waals surface area contributed by atoms with Crippen molar-refractivity contribution in [1.29, 1.82) is 0 Å². The van der Waals surface area contributed by atoms with E-state index in [1.807, 2.05) is 0 Å². The molecule has 1 rings (SSSR count). The molecule has 10 heavy (non-hydrogen) atoms. The van der Waals surface area contributed by atoms with Crippen molar-refractivity contribution in [2.45, 2.75) is 0 Å². The van der Waals surface area contributed by atoms with E-state index < -0.39 is 0 Å². The summed E-state index contributed by atoms with van der Waals surface area (Å²) in [6, 6.07) is 8.91. The normalized spacial score (nSPS) is 8.20. The Hall–Kier alpha value is 1.71. The van der Waals surface area contributed by atoms with Crippen LogP contribution in [-0.2, 0) is 0 Å². The third-order valence-electron chi connectivity index (χ3n) is 1.33. The van der Waals surface area contributed by atoms with Gasteiger partial charge in [-0.15, -0.1) is 0 Å². The maximum atomic E-state index is 3.54. The Morgan fingerprint density at radius 3 is 1.30 bits per heavy atom. The van der Waals surface area contributed by atoms with E-state index in [-0.39, 0.29) is 36.4 Å². The van der Waals surface area contributed by atoms with Crippen molar-refractivity contribution in [3.05, 3.63) is 24.3 Å². The van der Waals surface area contributed by atoms with Crippen LogP contribution in [0.3, 0.4) is 0 Å². The molecule has 0 aliphatic rings. The van der Waals surface area contributed by atoms with Gasteiger partial charge in [-0.1, -0.05) is 24.3 Å². The molecule has 4 heteroatoms. The summed E-state index contributed by atoms with van der Waals surface area (Å²) in [5.74, 6) is 0. The van der Waals surface area contributed by atoms with Crippen LogP contribution < -0.4 is 7.39 Å². The summed E-state index contributed by atoms with van der Waals surface area (Å²) in [6.45, 7) is 0. The Morgan fingerprint density at radius 1 is 0.800 bits per heavy atom. The van der Waals surface area contributed by atoms with Gasteiger partial charge in [-0.3, -0.25) is 25.8 Å². The van der Waals surface area contributed by atoms with E-state index in [0.29, 0.717) is 0 Å². The number of hydrogen-bond donors (Lipinski definition) is 0. The van der Waals surface area contributed by atoms with Crippen LogP contribution in [0.15, 0.2) is 24.3 Å². The standard InChI is InChI=1S/C6H4.2BrH.2Mg/c1-2-4-6-5-3-1;;;;/h1-2,5-6H;2*1H;;/q;;;2*+1/p-2. The van der Waals surface area contributed by atoms with E-state index >= 15 is 0 Å². The Morgan fingerprint density at radius 2 is 1.10 bits per heavy atom. The van der Waals surface area contributed by atoms with Gasteiger partial charge in [0.05, 0.1) is 0 Å². The molecule has 1 aromatic rings. The number of benzene rings is 1. The zero-order valence-corrected chi connectivity index (χ0v) is 11.5. The molecule has 0 aliphatic carbocycles. The average molecular weight is 285 g/mol. The first-order chi connectivity index (χ1) is 4.86. The summed E-state index contributed by atoms with van der Waals surface area (Å²) in [4.78, 5) is 0. The molecule has 0 fully saturated rings. The van der Waals surface area contributed by atoms with E-state index in [2.05, 4.69) is 50.0 Å². The highest BCUT2D eigenvalue weighted by atomic mass is 79.9. The van der Waals surface area contributed by atoms with Crippen LogP contribution in [-0.4, -0.2) is 36.4 Å². The molecule has 0 nitrogen and oxygen atoms in total. The number of rotatable bonds is 2. The second-order valence-electron chi connectivity index (χ2n) is 2.08. The van der Waals surface area contributed by atoms with Crippen LogP contribution in [0.25, 0.3) is 0 Å². The fourth-order valence-corrected chi connectivity index (χ4v) is 3.79. The zero-order valence-electron chi connectivity index (χ0n) is 5.48. The predicted molar refractivity (Wildman–Crippen MR) is 55.1 cm³/mol. The van der Waals surface area contributed by atoms with Crippen LogP contribution >= 0.6 is 25.8 Å². The van der Waals surface area contributed by atoms with Gasteiger partial charge in [-0.05, 0) is 0 Å². The maximum Gasteiger partial charge on any atom is 0.506 e. The van der Waals surface area contributed by atoms with Crippen LogP contribution in [0.1, 0.15) is 0 Å². The van der Waals surface area contributed by atoms with E-state index in [1.165, 1.54) is 7.39 Å². The van der Waals surface area contributed by atoms with Crippen molar-refractivity contribution >= 4 is 69.5 Å². The van der Waals surface area contributed by atoms with Crippen molar-refractivity contribution in [3.63, 3.8) is 0 Å². The van der Waals surface area contributed by atoms with Crippen LogP contribution in [0.2, 0.25) is 0 Å². The molecule has 0 spiro atoms. The lowest BCUT2D eigenvalue weighted by atomic mass is 10.4. The first kappa shape index (κ1) is 9.80. The summed E-state index contributed by atoms with van der Waals surface area (Å²) in [7, 11) is 0. The van der Waals surface area contributed by atoms with Gasteiger partial charge in [0.1, 0.15) is 0 Å². The van der Waals surface area contributed by atoms with Crippen molar-refractivity contribution < 1.29 is 0 Å². The Kier molecular flexibility index (Phi) is 5.27. The smallest absolute Gasteiger partial charge is 0.296 e. The molecule has 0 saturated carbocycles. The van der Waals surface area contributed by atoms with Gasteiger partial charge in [0.25, 0.3) is 0 Å². The van der Waals surface area contributed by atoms with E-state index in [1.54, 1.807) is 0 Å². The molecule has 0 radical (unpaired) electrons. The molecule has 0 bridgehead atoms. The van der Waals surface area contributed by atoms with Gasteiger partial charge in [-0.25, -0.2) is 0 Å². The molecule has 0 aliphatic heterocycles. The lowest BCUT2D eigenvalue weighted by Gasteiger charge is -1.96. The fraction of sp³-hybridized carbons (Fsp3) is 0. The first-order valence-electron chi connectivity index (χ1n) is 3.06. The number of hydrogen-bond acceptors (Lipinski definition) is 0. The highest BCUT2D eigenvalue weighted by molar-refractivity contribution is 9.23. The monoisotopic (exact) mass is 282 g/mol. The van der Waals surface area contributed by atoms with Gasteiger partial charge in [0.15, 0.2) is 0 Å². The maximum absolute atomic E-state index is 3.54.